The van der Waals surface area contributed by atoms with Crippen LogP contribution in [0.1, 0.15) is 12.8 Å². The molecule has 138 valence electrons. The molecule has 2 aromatic carbocycles. The first kappa shape index (κ1) is 17.0. The maximum absolute atomic E-state index is 13.6. The van der Waals surface area contributed by atoms with Gasteiger partial charge in [0.1, 0.15) is 23.3 Å². The van der Waals surface area contributed by atoms with E-state index in [0.717, 1.165) is 0 Å². The number of carbonyl (C=O) groups is 2. The number of benzene rings is 2. The largest absolute Gasteiger partial charge is 0.494 e. The van der Waals surface area contributed by atoms with Crippen LogP contribution >= 0.6 is 0 Å². The van der Waals surface area contributed by atoms with E-state index in [0.29, 0.717) is 46.4 Å². The summed E-state index contributed by atoms with van der Waals surface area (Å²) in [5.41, 5.74) is 2.33. The molecule has 0 spiro atoms. The minimum Gasteiger partial charge on any atom is -0.494 e. The quantitative estimate of drug-likeness (QED) is 0.660. The molecule has 1 aliphatic rings. The molecule has 3 N–H and O–H groups in total. The third-order valence-corrected chi connectivity index (χ3v) is 4.55. The van der Waals surface area contributed by atoms with Crippen LogP contribution in [-0.2, 0) is 9.59 Å². The highest BCUT2D eigenvalue weighted by Gasteiger charge is 2.28. The van der Waals surface area contributed by atoms with Gasteiger partial charge in [-0.1, -0.05) is 12.1 Å². The molecular weight excluding hydrogens is 351 g/mol. The van der Waals surface area contributed by atoms with Gasteiger partial charge in [-0.25, -0.2) is 4.39 Å². The monoisotopic (exact) mass is 368 g/mol. The lowest BCUT2D eigenvalue weighted by Crippen LogP contribution is -2.37. The summed E-state index contributed by atoms with van der Waals surface area (Å²) < 4.78 is 18.9. The van der Waals surface area contributed by atoms with E-state index < -0.39 is 6.04 Å². The Hall–Kier alpha value is -3.42. The minimum absolute atomic E-state index is 0.138. The van der Waals surface area contributed by atoms with E-state index in [-0.39, 0.29) is 17.6 Å². The number of hydrogen-bond acceptors (Lipinski definition) is 4. The van der Waals surface area contributed by atoms with Gasteiger partial charge < -0.3 is 15.4 Å². The number of ether oxygens (including phenoxy) is 1. The van der Waals surface area contributed by atoms with E-state index in [1.165, 1.54) is 19.2 Å². The summed E-state index contributed by atoms with van der Waals surface area (Å²) in [5.74, 6) is -0.354. The fourth-order valence-corrected chi connectivity index (χ4v) is 3.20. The maximum Gasteiger partial charge on any atom is 0.247 e. The van der Waals surface area contributed by atoms with Crippen molar-refractivity contribution in [3.63, 3.8) is 0 Å². The van der Waals surface area contributed by atoms with Crippen LogP contribution in [-0.4, -0.2) is 35.2 Å². The summed E-state index contributed by atoms with van der Waals surface area (Å²) in [7, 11) is 1.50. The maximum atomic E-state index is 13.6. The molecule has 1 atom stereocenters. The molecule has 27 heavy (non-hydrogen) atoms. The molecule has 2 heterocycles. The van der Waals surface area contributed by atoms with Crippen LogP contribution in [0.3, 0.4) is 0 Å². The Morgan fingerprint density at radius 2 is 2.19 bits per heavy atom. The van der Waals surface area contributed by atoms with Crippen LogP contribution in [0.15, 0.2) is 36.4 Å². The number of hydrogen-bond donors (Lipinski definition) is 3. The molecule has 1 aromatic heterocycles. The average Bonchev–Trinajstić information content (AvgIpc) is 3.27. The van der Waals surface area contributed by atoms with Crippen LogP contribution in [0.4, 0.5) is 10.1 Å². The minimum atomic E-state index is -0.565. The molecule has 2 amide bonds. The number of carbonyl (C=O) groups excluding carboxylic acids is 2. The normalized spacial score (nSPS) is 16.4. The molecular formula is C19H17FN4O3. The molecule has 0 bridgehead atoms. The van der Waals surface area contributed by atoms with Crippen molar-refractivity contribution in [2.75, 3.05) is 12.4 Å². The SMILES string of the molecule is COc1cc2[nH]nc(-c3cccc(F)c3)c2cc1NC(=O)[C@@H]1CCC(=O)N1. The number of nitrogens with zero attached hydrogens (tertiary/aromatic N) is 1. The van der Waals surface area contributed by atoms with Crippen LogP contribution < -0.4 is 15.4 Å². The predicted octanol–water partition coefficient (Wildman–Crippen LogP) is 2.59. The molecule has 4 rings (SSSR count). The molecule has 0 aliphatic carbocycles. The molecule has 1 saturated heterocycles. The third-order valence-electron chi connectivity index (χ3n) is 4.55. The molecule has 1 fully saturated rings. The Bertz CT molecular complexity index is 1050. The second kappa shape index (κ2) is 6.71. The van der Waals surface area contributed by atoms with Gasteiger partial charge in [-0.3, -0.25) is 14.7 Å². The Kier molecular flexibility index (Phi) is 4.23. The number of amides is 2. The van der Waals surface area contributed by atoms with Crippen LogP contribution in [0.5, 0.6) is 5.75 Å². The summed E-state index contributed by atoms with van der Waals surface area (Å²) >= 11 is 0. The van der Waals surface area contributed by atoms with Crippen molar-refractivity contribution in [3.05, 3.63) is 42.2 Å². The molecule has 0 saturated carbocycles. The molecule has 0 radical (unpaired) electrons. The van der Waals surface area contributed by atoms with E-state index in [4.69, 9.17) is 4.74 Å². The summed E-state index contributed by atoms with van der Waals surface area (Å²) in [4.78, 5) is 23.8. The van der Waals surface area contributed by atoms with Crippen LogP contribution in [0.2, 0.25) is 0 Å². The van der Waals surface area contributed by atoms with Crippen molar-refractivity contribution < 1.29 is 18.7 Å². The lowest BCUT2D eigenvalue weighted by Gasteiger charge is -2.14. The van der Waals surface area contributed by atoms with E-state index in [1.54, 1.807) is 24.3 Å². The second-order valence-electron chi connectivity index (χ2n) is 6.33. The van der Waals surface area contributed by atoms with E-state index in [1.807, 2.05) is 0 Å². The van der Waals surface area contributed by atoms with Gasteiger partial charge >= 0.3 is 0 Å². The Labute approximate surface area is 153 Å². The standard InChI is InChI=1S/C19H17FN4O3/c1-27-16-9-14-12(18(24-23-14)10-3-2-4-11(20)7-10)8-15(16)22-19(26)13-5-6-17(25)21-13/h2-4,7-9,13H,5-6H2,1H3,(H,21,25)(H,22,26)(H,23,24)/t13-/m0/s1. The van der Waals surface area contributed by atoms with Crippen molar-refractivity contribution >= 4 is 28.4 Å². The van der Waals surface area contributed by atoms with Gasteiger partial charge in [-0.2, -0.15) is 5.10 Å². The van der Waals surface area contributed by atoms with Crippen molar-refractivity contribution in [2.45, 2.75) is 18.9 Å². The van der Waals surface area contributed by atoms with Gasteiger partial charge in [-0.05, 0) is 24.6 Å². The molecule has 1 aliphatic heterocycles. The number of H-pyrrole nitrogens is 1. The lowest BCUT2D eigenvalue weighted by molar-refractivity contribution is -0.122. The molecule has 7 nitrogen and oxygen atoms in total. The summed E-state index contributed by atoms with van der Waals surface area (Å²) in [6.07, 6.45) is 0.787. The van der Waals surface area contributed by atoms with E-state index in [9.17, 15) is 14.0 Å². The lowest BCUT2D eigenvalue weighted by atomic mass is 10.1. The number of anilines is 1. The number of aromatic amines is 1. The van der Waals surface area contributed by atoms with Crippen molar-refractivity contribution in [2.24, 2.45) is 0 Å². The van der Waals surface area contributed by atoms with E-state index in [2.05, 4.69) is 20.8 Å². The zero-order valence-electron chi connectivity index (χ0n) is 14.5. The van der Waals surface area contributed by atoms with Gasteiger partial charge in [0.25, 0.3) is 0 Å². The van der Waals surface area contributed by atoms with Crippen molar-refractivity contribution in [1.29, 1.82) is 0 Å². The average molecular weight is 368 g/mol. The summed E-state index contributed by atoms with van der Waals surface area (Å²) in [6, 6.07) is 9.01. The summed E-state index contributed by atoms with van der Waals surface area (Å²) in [5, 5.41) is 13.3. The predicted molar refractivity (Wildman–Crippen MR) is 97.8 cm³/mol. The Morgan fingerprint density at radius 1 is 1.33 bits per heavy atom. The summed E-state index contributed by atoms with van der Waals surface area (Å²) in [6.45, 7) is 0. The molecule has 3 aromatic rings. The van der Waals surface area contributed by atoms with Gasteiger partial charge in [0, 0.05) is 23.4 Å². The topological polar surface area (TPSA) is 96.1 Å². The van der Waals surface area contributed by atoms with Gasteiger partial charge in [-0.15, -0.1) is 0 Å². The van der Waals surface area contributed by atoms with Crippen LogP contribution in [0.25, 0.3) is 22.2 Å². The van der Waals surface area contributed by atoms with Gasteiger partial charge in [0.05, 0.1) is 18.3 Å². The van der Waals surface area contributed by atoms with E-state index >= 15 is 0 Å². The first-order valence-corrected chi connectivity index (χ1v) is 8.47. The molecule has 0 unspecified atom stereocenters. The number of methoxy groups -OCH3 is 1. The van der Waals surface area contributed by atoms with Gasteiger partial charge in [0.2, 0.25) is 11.8 Å². The second-order valence-corrected chi connectivity index (χ2v) is 6.33. The third kappa shape index (κ3) is 3.21. The van der Waals surface area contributed by atoms with Crippen molar-refractivity contribution in [3.8, 4) is 17.0 Å². The smallest absolute Gasteiger partial charge is 0.247 e. The van der Waals surface area contributed by atoms with Gasteiger partial charge in [0.15, 0.2) is 0 Å². The number of rotatable bonds is 4. The highest BCUT2D eigenvalue weighted by Crippen LogP contribution is 2.34. The number of fused-ring (bicyclic) bond motifs is 1. The molecule has 8 heteroatoms. The Morgan fingerprint density at radius 3 is 2.89 bits per heavy atom. The van der Waals surface area contributed by atoms with Crippen molar-refractivity contribution in [1.82, 2.24) is 15.5 Å². The number of aromatic nitrogens is 2. The Balaban J connectivity index is 1.72. The highest BCUT2D eigenvalue weighted by molar-refractivity contribution is 6.03. The number of nitrogens with one attached hydrogen (secondary N) is 3. The highest BCUT2D eigenvalue weighted by atomic mass is 19.1. The first-order chi connectivity index (χ1) is 13.0. The first-order valence-electron chi connectivity index (χ1n) is 8.47. The van der Waals surface area contributed by atoms with Crippen LogP contribution in [0, 0.1) is 5.82 Å². The number of halogens is 1. The fraction of sp³-hybridized carbons (Fsp3) is 0.211. The fourth-order valence-electron chi connectivity index (χ4n) is 3.20. The zero-order chi connectivity index (χ0) is 19.0. The zero-order valence-corrected chi connectivity index (χ0v) is 14.5.